The highest BCUT2D eigenvalue weighted by Gasteiger charge is 2.23. The summed E-state index contributed by atoms with van der Waals surface area (Å²) in [7, 11) is 0. The molecule has 2 nitrogen and oxygen atoms in total. The standard InChI is InChI=1S/C18H29ClN2/c1-4-5-15-8-9-21(13-15)18-7-6-16(10-17(18)19)12-20-11-14(2)3/h6-7,10,14-15,20H,4-5,8-9,11-13H2,1-3H3. The fourth-order valence-corrected chi connectivity index (χ4v) is 3.44. The number of rotatable bonds is 7. The summed E-state index contributed by atoms with van der Waals surface area (Å²) in [6.45, 7) is 11.0. The van der Waals surface area contributed by atoms with E-state index in [0.717, 1.165) is 30.6 Å². The molecule has 0 amide bonds. The van der Waals surface area contributed by atoms with Crippen LogP contribution in [-0.2, 0) is 6.54 Å². The van der Waals surface area contributed by atoms with Crippen molar-refractivity contribution >= 4 is 17.3 Å². The van der Waals surface area contributed by atoms with E-state index >= 15 is 0 Å². The highest BCUT2D eigenvalue weighted by Crippen LogP contribution is 2.32. The first-order valence-corrected chi connectivity index (χ1v) is 8.72. The van der Waals surface area contributed by atoms with E-state index in [-0.39, 0.29) is 0 Å². The molecule has 1 fully saturated rings. The fourth-order valence-electron chi connectivity index (χ4n) is 3.12. The Morgan fingerprint density at radius 3 is 2.86 bits per heavy atom. The van der Waals surface area contributed by atoms with Gasteiger partial charge in [0.25, 0.3) is 0 Å². The zero-order valence-corrected chi connectivity index (χ0v) is 14.4. The van der Waals surface area contributed by atoms with Crippen LogP contribution in [0.2, 0.25) is 5.02 Å². The molecule has 1 aromatic rings. The molecule has 1 aliphatic heterocycles. The predicted molar refractivity (Wildman–Crippen MR) is 93.2 cm³/mol. The number of anilines is 1. The number of nitrogens with zero attached hydrogens (tertiary/aromatic N) is 1. The second kappa shape index (κ2) is 8.05. The topological polar surface area (TPSA) is 15.3 Å². The summed E-state index contributed by atoms with van der Waals surface area (Å²) in [5.41, 5.74) is 2.48. The van der Waals surface area contributed by atoms with Crippen molar-refractivity contribution in [2.24, 2.45) is 11.8 Å². The van der Waals surface area contributed by atoms with Gasteiger partial charge in [0.05, 0.1) is 10.7 Å². The first-order valence-electron chi connectivity index (χ1n) is 8.34. The van der Waals surface area contributed by atoms with Crippen molar-refractivity contribution < 1.29 is 0 Å². The SMILES string of the molecule is CCCC1CCN(c2ccc(CNCC(C)C)cc2Cl)C1. The smallest absolute Gasteiger partial charge is 0.0642 e. The fraction of sp³-hybridized carbons (Fsp3) is 0.667. The van der Waals surface area contributed by atoms with Gasteiger partial charge in [-0.1, -0.05) is 44.9 Å². The third-order valence-corrected chi connectivity index (χ3v) is 4.52. The van der Waals surface area contributed by atoms with Crippen LogP contribution in [0.25, 0.3) is 0 Å². The van der Waals surface area contributed by atoms with Crippen molar-refractivity contribution in [2.45, 2.75) is 46.6 Å². The highest BCUT2D eigenvalue weighted by molar-refractivity contribution is 6.33. The largest absolute Gasteiger partial charge is 0.370 e. The lowest BCUT2D eigenvalue weighted by Crippen LogP contribution is -2.21. The molecule has 0 bridgehead atoms. The molecule has 0 spiro atoms. The summed E-state index contributed by atoms with van der Waals surface area (Å²) < 4.78 is 0. The van der Waals surface area contributed by atoms with Crippen molar-refractivity contribution in [1.29, 1.82) is 0 Å². The lowest BCUT2D eigenvalue weighted by atomic mass is 10.0. The molecule has 3 heteroatoms. The molecule has 0 saturated carbocycles. The number of halogens is 1. The second-order valence-corrected chi connectivity index (χ2v) is 7.11. The van der Waals surface area contributed by atoms with E-state index in [1.54, 1.807) is 0 Å². The second-order valence-electron chi connectivity index (χ2n) is 6.70. The van der Waals surface area contributed by atoms with Gasteiger partial charge in [0, 0.05) is 19.6 Å². The molecule has 0 radical (unpaired) electrons. The minimum atomic E-state index is 0.680. The van der Waals surface area contributed by atoms with Gasteiger partial charge in [-0.3, -0.25) is 0 Å². The van der Waals surface area contributed by atoms with Crippen LogP contribution < -0.4 is 10.2 Å². The maximum absolute atomic E-state index is 6.51. The van der Waals surface area contributed by atoms with Gasteiger partial charge >= 0.3 is 0 Å². The summed E-state index contributed by atoms with van der Waals surface area (Å²) in [4.78, 5) is 2.45. The Morgan fingerprint density at radius 1 is 1.38 bits per heavy atom. The molecule has 1 N–H and O–H groups in total. The Balaban J connectivity index is 1.93. The van der Waals surface area contributed by atoms with Gasteiger partial charge in [0.1, 0.15) is 0 Å². The molecule has 2 rings (SSSR count). The summed E-state index contributed by atoms with van der Waals surface area (Å²) in [6, 6.07) is 6.53. The van der Waals surface area contributed by atoms with E-state index in [4.69, 9.17) is 11.6 Å². The number of nitrogens with one attached hydrogen (secondary N) is 1. The summed E-state index contributed by atoms with van der Waals surface area (Å²) >= 11 is 6.51. The Labute approximate surface area is 134 Å². The zero-order chi connectivity index (χ0) is 15.2. The maximum Gasteiger partial charge on any atom is 0.0642 e. The first kappa shape index (κ1) is 16.6. The monoisotopic (exact) mass is 308 g/mol. The molecule has 1 unspecified atom stereocenters. The Morgan fingerprint density at radius 2 is 2.19 bits per heavy atom. The molecular weight excluding hydrogens is 280 g/mol. The van der Waals surface area contributed by atoms with Gasteiger partial charge < -0.3 is 10.2 Å². The van der Waals surface area contributed by atoms with Crippen LogP contribution in [0.15, 0.2) is 18.2 Å². The molecule has 21 heavy (non-hydrogen) atoms. The van der Waals surface area contributed by atoms with Crippen LogP contribution in [0.5, 0.6) is 0 Å². The van der Waals surface area contributed by atoms with E-state index in [0.29, 0.717) is 5.92 Å². The molecule has 0 aliphatic carbocycles. The zero-order valence-electron chi connectivity index (χ0n) is 13.7. The average Bonchev–Trinajstić information content (AvgIpc) is 2.87. The number of hydrogen-bond acceptors (Lipinski definition) is 2. The van der Waals surface area contributed by atoms with E-state index in [2.05, 4.69) is 49.2 Å². The van der Waals surface area contributed by atoms with Crippen molar-refractivity contribution in [2.75, 3.05) is 24.5 Å². The Bertz CT molecular complexity index is 445. The molecule has 0 aromatic heterocycles. The van der Waals surface area contributed by atoms with E-state index in [9.17, 15) is 0 Å². The van der Waals surface area contributed by atoms with Crippen molar-refractivity contribution in [3.05, 3.63) is 28.8 Å². The third kappa shape index (κ3) is 4.89. The van der Waals surface area contributed by atoms with Crippen LogP contribution in [-0.4, -0.2) is 19.6 Å². The van der Waals surface area contributed by atoms with Crippen LogP contribution in [0.3, 0.4) is 0 Å². The molecule has 1 aromatic carbocycles. The first-order chi connectivity index (χ1) is 10.1. The molecular formula is C18H29ClN2. The van der Waals surface area contributed by atoms with Gasteiger partial charge in [-0.05, 0) is 48.9 Å². The summed E-state index contributed by atoms with van der Waals surface area (Å²) in [6.07, 6.45) is 3.93. The summed E-state index contributed by atoms with van der Waals surface area (Å²) in [5.74, 6) is 1.53. The van der Waals surface area contributed by atoms with Crippen molar-refractivity contribution in [1.82, 2.24) is 5.32 Å². The Hall–Kier alpha value is -0.730. The van der Waals surface area contributed by atoms with E-state index < -0.39 is 0 Å². The third-order valence-electron chi connectivity index (χ3n) is 4.22. The van der Waals surface area contributed by atoms with Gasteiger partial charge in [0.15, 0.2) is 0 Å². The predicted octanol–water partition coefficient (Wildman–Crippen LogP) is 4.71. The van der Waals surface area contributed by atoms with Crippen molar-refractivity contribution in [3.8, 4) is 0 Å². The normalized spacial score (nSPS) is 18.7. The minimum Gasteiger partial charge on any atom is -0.370 e. The van der Waals surface area contributed by atoms with Gasteiger partial charge in [-0.15, -0.1) is 0 Å². The average molecular weight is 309 g/mol. The minimum absolute atomic E-state index is 0.680. The van der Waals surface area contributed by atoms with E-state index in [1.165, 1.54) is 37.1 Å². The number of benzene rings is 1. The van der Waals surface area contributed by atoms with Crippen LogP contribution in [0, 0.1) is 11.8 Å². The highest BCUT2D eigenvalue weighted by atomic mass is 35.5. The van der Waals surface area contributed by atoms with Gasteiger partial charge in [-0.25, -0.2) is 0 Å². The van der Waals surface area contributed by atoms with Crippen LogP contribution >= 0.6 is 11.6 Å². The molecule has 1 heterocycles. The molecule has 118 valence electrons. The van der Waals surface area contributed by atoms with Crippen LogP contribution in [0.1, 0.15) is 45.6 Å². The van der Waals surface area contributed by atoms with Gasteiger partial charge in [-0.2, -0.15) is 0 Å². The van der Waals surface area contributed by atoms with E-state index in [1.807, 2.05) is 0 Å². The molecule has 1 saturated heterocycles. The lowest BCUT2D eigenvalue weighted by Gasteiger charge is -2.21. The molecule has 1 aliphatic rings. The number of hydrogen-bond donors (Lipinski definition) is 1. The lowest BCUT2D eigenvalue weighted by molar-refractivity contribution is 0.530. The maximum atomic E-state index is 6.51. The van der Waals surface area contributed by atoms with Gasteiger partial charge in [0.2, 0.25) is 0 Å². The summed E-state index contributed by atoms with van der Waals surface area (Å²) in [5, 5.41) is 4.37. The quantitative estimate of drug-likeness (QED) is 0.784. The van der Waals surface area contributed by atoms with Crippen molar-refractivity contribution in [3.63, 3.8) is 0 Å². The molecule has 1 atom stereocenters. The Kier molecular flexibility index (Phi) is 6.38. The van der Waals surface area contributed by atoms with Crippen LogP contribution in [0.4, 0.5) is 5.69 Å².